The third-order valence-electron chi connectivity index (χ3n) is 6.96. The molecule has 1 heterocycles. The molecule has 3 aromatic carbocycles. The van der Waals surface area contributed by atoms with Crippen LogP contribution in [0, 0.1) is 17.6 Å². The number of aryl methyl sites for hydroxylation is 1. The van der Waals surface area contributed by atoms with Gasteiger partial charge in [-0.05, 0) is 65.9 Å². The molecule has 3 atom stereocenters. The number of nitrogens with zero attached hydrogens (tertiary/aromatic N) is 1. The highest BCUT2D eigenvalue weighted by Crippen LogP contribution is 2.26. The van der Waals surface area contributed by atoms with E-state index in [9.17, 15) is 23.5 Å². The van der Waals surface area contributed by atoms with E-state index < -0.39 is 34.8 Å². The normalized spacial score (nSPS) is 13.3. The number of nitrogens with two attached hydrogens (primary N) is 1. The van der Waals surface area contributed by atoms with Gasteiger partial charge in [0.2, 0.25) is 5.91 Å². The molecule has 1 unspecified atom stereocenters. The Labute approximate surface area is 253 Å². The van der Waals surface area contributed by atoms with Crippen LogP contribution in [-0.4, -0.2) is 45.6 Å². The van der Waals surface area contributed by atoms with E-state index in [-0.39, 0.29) is 24.6 Å². The van der Waals surface area contributed by atoms with Crippen molar-refractivity contribution in [3.8, 4) is 11.3 Å². The first-order valence-corrected chi connectivity index (χ1v) is 14.9. The molecule has 0 radical (unpaired) electrons. The topological polar surface area (TPSA) is 130 Å². The number of aromatic nitrogens is 1. The first kappa shape index (κ1) is 31.9. The quantitative estimate of drug-likeness (QED) is 0.143. The number of carboxylic acids is 1. The van der Waals surface area contributed by atoms with Gasteiger partial charge in [-0.1, -0.05) is 31.2 Å². The summed E-state index contributed by atoms with van der Waals surface area (Å²) in [7, 11) is 0. The molecule has 0 aliphatic rings. The standard InChI is InChI=1S/C32H34F2N4O4S/c1-2-20-4-3-5-21(10-20)15-36-16-27(28(35)13-22-11-24(33)14-25(34)12-22)31(32(40)41)43-18-30(39)38-26-8-6-23(7-9-26)29-17-37-19-42-29/h3-12,14,17,19,27-28,31,36H,2,13,15-16,18,35H2,1H3,(H,38,39)(H,40,41)/t27-,28+,31?/m1/s1. The van der Waals surface area contributed by atoms with Gasteiger partial charge in [0, 0.05) is 42.4 Å². The fraction of sp³-hybridized carbons (Fsp3) is 0.281. The molecular formula is C32H34F2N4O4S. The number of rotatable bonds is 15. The van der Waals surface area contributed by atoms with Crippen LogP contribution in [0.2, 0.25) is 0 Å². The number of nitrogens with one attached hydrogen (secondary N) is 2. The van der Waals surface area contributed by atoms with Gasteiger partial charge in [0.25, 0.3) is 0 Å². The highest BCUT2D eigenvalue weighted by atomic mass is 32.2. The minimum Gasteiger partial charge on any atom is -0.480 e. The van der Waals surface area contributed by atoms with Crippen LogP contribution in [0.3, 0.4) is 0 Å². The van der Waals surface area contributed by atoms with Crippen molar-refractivity contribution in [3.63, 3.8) is 0 Å². The summed E-state index contributed by atoms with van der Waals surface area (Å²) in [5, 5.41) is 15.2. The number of amides is 1. The molecule has 0 aliphatic carbocycles. The molecule has 0 spiro atoms. The number of carbonyl (C=O) groups excluding carboxylic acids is 1. The Hall–Kier alpha value is -4.06. The van der Waals surface area contributed by atoms with Crippen LogP contribution in [0.5, 0.6) is 0 Å². The zero-order chi connectivity index (χ0) is 30.8. The Morgan fingerprint density at radius 1 is 1.02 bits per heavy atom. The van der Waals surface area contributed by atoms with E-state index in [2.05, 4.69) is 28.6 Å². The molecule has 43 heavy (non-hydrogen) atoms. The molecular weight excluding hydrogens is 574 g/mol. The number of halogens is 2. The van der Waals surface area contributed by atoms with Gasteiger partial charge in [-0.25, -0.2) is 13.8 Å². The average molecular weight is 609 g/mol. The molecule has 4 aromatic rings. The van der Waals surface area contributed by atoms with Gasteiger partial charge in [-0.3, -0.25) is 9.59 Å². The van der Waals surface area contributed by atoms with Crippen LogP contribution < -0.4 is 16.4 Å². The Morgan fingerprint density at radius 3 is 2.40 bits per heavy atom. The summed E-state index contributed by atoms with van der Waals surface area (Å²) in [4.78, 5) is 29.1. The van der Waals surface area contributed by atoms with E-state index in [0.717, 1.165) is 35.4 Å². The molecule has 0 fully saturated rings. The summed E-state index contributed by atoms with van der Waals surface area (Å²) in [6, 6.07) is 17.4. The van der Waals surface area contributed by atoms with Crippen molar-refractivity contribution in [2.75, 3.05) is 17.6 Å². The Bertz CT molecular complexity index is 1480. The maximum absolute atomic E-state index is 13.9. The van der Waals surface area contributed by atoms with Gasteiger partial charge in [-0.15, -0.1) is 11.8 Å². The summed E-state index contributed by atoms with van der Waals surface area (Å²) >= 11 is 0.961. The van der Waals surface area contributed by atoms with Gasteiger partial charge in [-0.2, -0.15) is 0 Å². The van der Waals surface area contributed by atoms with Crippen LogP contribution in [-0.2, 0) is 29.0 Å². The SMILES string of the molecule is CCc1cccc(CNC[C@@H](C(SCC(=O)Nc2ccc(-c3cnco3)cc2)C(=O)O)[C@@H](N)Cc2cc(F)cc(F)c2)c1. The molecule has 5 N–H and O–H groups in total. The van der Waals surface area contributed by atoms with Crippen molar-refractivity contribution in [1.82, 2.24) is 10.3 Å². The molecule has 1 amide bonds. The molecule has 11 heteroatoms. The largest absolute Gasteiger partial charge is 0.480 e. The second-order valence-electron chi connectivity index (χ2n) is 10.2. The molecule has 0 saturated heterocycles. The number of benzene rings is 3. The third-order valence-corrected chi connectivity index (χ3v) is 8.30. The van der Waals surface area contributed by atoms with E-state index in [1.54, 1.807) is 30.5 Å². The average Bonchev–Trinajstić information content (AvgIpc) is 3.51. The zero-order valence-corrected chi connectivity index (χ0v) is 24.5. The van der Waals surface area contributed by atoms with Gasteiger partial charge >= 0.3 is 5.97 Å². The third kappa shape index (κ3) is 9.47. The molecule has 0 bridgehead atoms. The van der Waals surface area contributed by atoms with Crippen LogP contribution in [0.1, 0.15) is 23.6 Å². The number of thioether (sulfide) groups is 1. The summed E-state index contributed by atoms with van der Waals surface area (Å²) in [6.07, 6.45) is 3.85. The lowest BCUT2D eigenvalue weighted by molar-refractivity contribution is -0.137. The number of carboxylic acid groups (broad SMARTS) is 1. The second kappa shape index (κ2) is 15.4. The number of aliphatic carboxylic acids is 1. The first-order valence-electron chi connectivity index (χ1n) is 13.8. The number of anilines is 1. The Morgan fingerprint density at radius 2 is 1.74 bits per heavy atom. The van der Waals surface area contributed by atoms with E-state index >= 15 is 0 Å². The Balaban J connectivity index is 1.43. The summed E-state index contributed by atoms with van der Waals surface area (Å²) in [5.74, 6) is -3.20. The van der Waals surface area contributed by atoms with Crippen LogP contribution in [0.4, 0.5) is 14.5 Å². The lowest BCUT2D eigenvalue weighted by Crippen LogP contribution is -2.47. The fourth-order valence-corrected chi connectivity index (χ4v) is 5.89. The first-order chi connectivity index (χ1) is 20.7. The smallest absolute Gasteiger partial charge is 0.317 e. The van der Waals surface area contributed by atoms with Crippen LogP contribution >= 0.6 is 11.8 Å². The number of carbonyl (C=O) groups is 2. The van der Waals surface area contributed by atoms with Crippen molar-refractivity contribution in [1.29, 1.82) is 0 Å². The van der Waals surface area contributed by atoms with Gasteiger partial charge < -0.3 is 25.9 Å². The predicted molar refractivity (Wildman–Crippen MR) is 164 cm³/mol. The molecule has 1 aromatic heterocycles. The van der Waals surface area contributed by atoms with Crippen LogP contribution in [0.25, 0.3) is 11.3 Å². The number of hydrogen-bond donors (Lipinski definition) is 4. The van der Waals surface area contributed by atoms with E-state index in [0.29, 0.717) is 23.6 Å². The molecule has 226 valence electrons. The highest BCUT2D eigenvalue weighted by Gasteiger charge is 2.34. The minimum atomic E-state index is -1.13. The summed E-state index contributed by atoms with van der Waals surface area (Å²) < 4.78 is 33.0. The van der Waals surface area contributed by atoms with Gasteiger partial charge in [0.1, 0.15) is 16.9 Å². The maximum Gasteiger partial charge on any atom is 0.317 e. The van der Waals surface area contributed by atoms with E-state index in [1.807, 2.05) is 18.2 Å². The second-order valence-corrected chi connectivity index (χ2v) is 11.3. The van der Waals surface area contributed by atoms with Crippen molar-refractivity contribution < 1.29 is 27.9 Å². The minimum absolute atomic E-state index is 0.0560. The lowest BCUT2D eigenvalue weighted by Gasteiger charge is -2.29. The van der Waals surface area contributed by atoms with Crippen molar-refractivity contribution in [3.05, 3.63) is 108 Å². The van der Waals surface area contributed by atoms with Crippen molar-refractivity contribution in [2.45, 2.75) is 37.6 Å². The summed E-state index contributed by atoms with van der Waals surface area (Å²) in [5.41, 5.74) is 10.4. The predicted octanol–water partition coefficient (Wildman–Crippen LogP) is 5.28. The molecule has 0 saturated carbocycles. The highest BCUT2D eigenvalue weighted by molar-refractivity contribution is 8.01. The van der Waals surface area contributed by atoms with E-state index in [4.69, 9.17) is 10.2 Å². The van der Waals surface area contributed by atoms with E-state index in [1.165, 1.54) is 24.1 Å². The van der Waals surface area contributed by atoms with Crippen molar-refractivity contribution >= 4 is 29.3 Å². The molecule has 0 aliphatic heterocycles. The monoisotopic (exact) mass is 608 g/mol. The van der Waals surface area contributed by atoms with Gasteiger partial charge in [0.15, 0.2) is 12.2 Å². The molecule has 8 nitrogen and oxygen atoms in total. The zero-order valence-electron chi connectivity index (χ0n) is 23.6. The number of oxazole rings is 1. The summed E-state index contributed by atoms with van der Waals surface area (Å²) in [6.45, 7) is 2.76. The van der Waals surface area contributed by atoms with Gasteiger partial charge in [0.05, 0.1) is 11.9 Å². The number of hydrogen-bond acceptors (Lipinski definition) is 7. The maximum atomic E-state index is 13.9. The lowest BCUT2D eigenvalue weighted by atomic mass is 9.90. The van der Waals surface area contributed by atoms with Crippen molar-refractivity contribution in [2.24, 2.45) is 11.7 Å². The fourth-order valence-electron chi connectivity index (χ4n) is 4.79. The van der Waals surface area contributed by atoms with Crippen LogP contribution in [0.15, 0.2) is 83.7 Å². The Kier molecular flexibility index (Phi) is 11.4. The molecule has 4 rings (SSSR count).